The molecular formula is C29H31N5O20S6. The average Bonchev–Trinajstić information content (AvgIpc) is 3.11. The molecule has 0 heterocycles. The monoisotopic (exact) mass is 961 g/mol. The summed E-state index contributed by atoms with van der Waals surface area (Å²) in [5.41, 5.74) is -2.03. The summed E-state index contributed by atoms with van der Waals surface area (Å²) < 4.78 is 195. The van der Waals surface area contributed by atoms with Crippen LogP contribution >= 0.6 is 0 Å². The third-order valence-corrected chi connectivity index (χ3v) is 14.0. The molecule has 4 aromatic rings. The summed E-state index contributed by atoms with van der Waals surface area (Å²) in [6.07, 6.45) is 0. The molecule has 4 aromatic carbocycles. The van der Waals surface area contributed by atoms with E-state index >= 15 is 0 Å². The largest absolute Gasteiger partial charge is 0.505 e. The number of aromatic hydroxyl groups is 1. The van der Waals surface area contributed by atoms with Crippen molar-refractivity contribution >= 4 is 99.9 Å². The van der Waals surface area contributed by atoms with E-state index in [0.29, 0.717) is 6.07 Å². The number of methoxy groups -OCH3 is 1. The fourth-order valence-electron chi connectivity index (χ4n) is 5.15. The first kappa shape index (κ1) is 47.9. The summed E-state index contributed by atoms with van der Waals surface area (Å²) in [6.45, 7) is -0.686. The Bertz CT molecular complexity index is 3120. The van der Waals surface area contributed by atoms with Gasteiger partial charge in [-0.1, -0.05) is 0 Å². The summed E-state index contributed by atoms with van der Waals surface area (Å²) in [5.74, 6) is -3.15. The van der Waals surface area contributed by atoms with Crippen molar-refractivity contribution in [3.8, 4) is 11.5 Å². The number of fused-ring (bicyclic) bond motifs is 1. The molecule has 0 aromatic heterocycles. The fraction of sp³-hybridized carbons (Fsp3) is 0.241. The van der Waals surface area contributed by atoms with Gasteiger partial charge in [0.15, 0.2) is 25.4 Å². The predicted molar refractivity (Wildman–Crippen MR) is 206 cm³/mol. The molecule has 0 spiro atoms. The number of hydrogen-bond donors (Lipinski definition) is 6. The lowest BCUT2D eigenvalue weighted by molar-refractivity contribution is 0.282. The van der Waals surface area contributed by atoms with E-state index in [1.807, 2.05) is 0 Å². The number of hydrogen-bond acceptors (Lipinski definition) is 21. The third-order valence-electron chi connectivity index (χ3n) is 7.82. The van der Waals surface area contributed by atoms with E-state index in [1.54, 1.807) is 0 Å². The highest BCUT2D eigenvalue weighted by Crippen LogP contribution is 2.47. The SMILES string of the molecule is CNc1ccc2c(O)c(N=Nc3cc(C)c(S(=O)(=O)CCOS(=O)(=O)O)cc3OC)c(S(=O)(=O)O)cc2c1N=Nc1ccc(S(=O)(=O)CCOS(=O)(=O)O)cc1S(=O)(=O)O. The molecule has 0 amide bonds. The quantitative estimate of drug-likeness (QED) is 0.0614. The van der Waals surface area contributed by atoms with Crippen LogP contribution in [0.25, 0.3) is 10.8 Å². The van der Waals surface area contributed by atoms with Gasteiger partial charge in [-0.15, -0.1) is 20.5 Å². The van der Waals surface area contributed by atoms with Gasteiger partial charge in [-0.2, -0.15) is 33.7 Å². The number of benzene rings is 4. The minimum Gasteiger partial charge on any atom is -0.505 e. The highest BCUT2D eigenvalue weighted by atomic mass is 32.3. The summed E-state index contributed by atoms with van der Waals surface area (Å²) in [7, 11) is -26.8. The molecule has 0 fully saturated rings. The second-order valence-corrected chi connectivity index (χ2v) is 20.9. The van der Waals surface area contributed by atoms with Crippen LogP contribution in [0, 0.1) is 6.92 Å². The minimum absolute atomic E-state index is 0.00244. The van der Waals surface area contributed by atoms with Crippen LogP contribution in [-0.4, -0.2) is 113 Å². The number of phenols is 1. The van der Waals surface area contributed by atoms with Crippen molar-refractivity contribution < 1.29 is 86.9 Å². The minimum atomic E-state index is -5.30. The van der Waals surface area contributed by atoms with Crippen molar-refractivity contribution in [1.82, 2.24) is 0 Å². The van der Waals surface area contributed by atoms with Crippen molar-refractivity contribution in [1.29, 1.82) is 0 Å². The number of rotatable bonds is 18. The summed E-state index contributed by atoms with van der Waals surface area (Å²) in [4.78, 5) is -3.31. The lowest BCUT2D eigenvalue weighted by Gasteiger charge is -2.14. The van der Waals surface area contributed by atoms with Gasteiger partial charge >= 0.3 is 20.8 Å². The molecule has 60 heavy (non-hydrogen) atoms. The topological polar surface area (TPSA) is 395 Å². The number of phenolic OH excluding ortho intramolecular Hbond substituents is 1. The predicted octanol–water partition coefficient (Wildman–Crippen LogP) is 3.41. The van der Waals surface area contributed by atoms with Crippen molar-refractivity contribution in [2.24, 2.45) is 20.5 Å². The standard InChI is InChI=1S/C29H31N5O20S6/c1-16-12-22(23(52-3)15-24(16)56(38,39)11-9-54-60(49,50)51)32-34-28-26(58(43,44)45)14-19-18(29(28)35)5-7-21(30-2)27(19)33-31-20-6-4-17(13-25(20)57(40,41)42)55(36,37)10-8-53-59(46,47)48/h4-7,12-15,30,35H,8-11H2,1-3H3,(H,40,41,42)(H,43,44,45)(H,46,47,48)(H,49,50,51). The highest BCUT2D eigenvalue weighted by Gasteiger charge is 2.27. The maximum Gasteiger partial charge on any atom is 0.397 e. The molecule has 0 atom stereocenters. The molecule has 0 aliphatic carbocycles. The zero-order chi connectivity index (χ0) is 45.2. The number of aryl methyl sites for hydroxylation is 1. The van der Waals surface area contributed by atoms with Crippen LogP contribution in [0.3, 0.4) is 0 Å². The lowest BCUT2D eigenvalue weighted by Crippen LogP contribution is -2.16. The van der Waals surface area contributed by atoms with E-state index in [2.05, 4.69) is 34.1 Å². The number of nitrogens with zero attached hydrogens (tertiary/aromatic N) is 4. The molecule has 0 unspecified atom stereocenters. The van der Waals surface area contributed by atoms with Crippen LogP contribution in [0.4, 0.5) is 28.4 Å². The fourth-order valence-corrected chi connectivity index (χ4v) is 9.79. The molecule has 6 N–H and O–H groups in total. The van der Waals surface area contributed by atoms with Gasteiger partial charge in [-0.05, 0) is 55.0 Å². The molecule has 0 aliphatic heterocycles. The normalized spacial score (nSPS) is 13.4. The van der Waals surface area contributed by atoms with Crippen molar-refractivity contribution in [3.05, 3.63) is 54.1 Å². The van der Waals surface area contributed by atoms with E-state index in [1.165, 1.54) is 26.1 Å². The molecule has 0 radical (unpaired) electrons. The van der Waals surface area contributed by atoms with Crippen molar-refractivity contribution in [3.63, 3.8) is 0 Å². The molecule has 328 valence electrons. The van der Waals surface area contributed by atoms with Crippen LogP contribution < -0.4 is 10.1 Å². The molecule has 0 saturated carbocycles. The Hall–Kier alpha value is -4.80. The Balaban J connectivity index is 1.85. The molecule has 25 nitrogen and oxygen atoms in total. The first-order chi connectivity index (χ1) is 27.5. The van der Waals surface area contributed by atoms with Crippen molar-refractivity contribution in [2.75, 3.05) is 44.2 Å². The first-order valence-corrected chi connectivity index (χ1v) is 24.7. The zero-order valence-corrected chi connectivity index (χ0v) is 35.4. The molecule has 0 saturated heterocycles. The van der Waals surface area contributed by atoms with E-state index in [-0.39, 0.29) is 44.0 Å². The third kappa shape index (κ3) is 11.7. The van der Waals surface area contributed by atoms with Crippen LogP contribution in [0.5, 0.6) is 11.5 Å². The van der Waals surface area contributed by atoms with Crippen LogP contribution in [0.15, 0.2) is 88.6 Å². The second kappa shape index (κ2) is 17.7. The molecular weight excluding hydrogens is 931 g/mol. The van der Waals surface area contributed by atoms with Crippen molar-refractivity contribution in [2.45, 2.75) is 26.5 Å². The number of anilines is 1. The van der Waals surface area contributed by atoms with Crippen LogP contribution in [-0.2, 0) is 69.1 Å². The van der Waals surface area contributed by atoms with Gasteiger partial charge in [0.05, 0.1) is 47.3 Å². The van der Waals surface area contributed by atoms with Gasteiger partial charge in [0.1, 0.15) is 38.3 Å². The Kier molecular flexibility index (Phi) is 14.1. The molecule has 4 rings (SSSR count). The smallest absolute Gasteiger partial charge is 0.397 e. The summed E-state index contributed by atoms with van der Waals surface area (Å²) in [5, 5.41) is 29.0. The Labute approximate surface area is 342 Å². The zero-order valence-electron chi connectivity index (χ0n) is 30.5. The highest BCUT2D eigenvalue weighted by molar-refractivity contribution is 7.92. The number of ether oxygens (including phenoxy) is 1. The Morgan fingerprint density at radius 2 is 1.15 bits per heavy atom. The maximum absolute atomic E-state index is 12.9. The molecule has 0 aliphatic rings. The van der Waals surface area contributed by atoms with E-state index in [0.717, 1.165) is 37.4 Å². The van der Waals surface area contributed by atoms with E-state index in [9.17, 15) is 64.7 Å². The second-order valence-electron chi connectivity index (χ2n) is 11.8. The summed E-state index contributed by atoms with van der Waals surface area (Å²) >= 11 is 0. The van der Waals surface area contributed by atoms with Gasteiger partial charge in [-0.3, -0.25) is 18.2 Å². The van der Waals surface area contributed by atoms with Gasteiger partial charge < -0.3 is 15.2 Å². The van der Waals surface area contributed by atoms with E-state index < -0.39 is 117 Å². The number of sulfone groups is 2. The van der Waals surface area contributed by atoms with Crippen LogP contribution in [0.1, 0.15) is 5.56 Å². The van der Waals surface area contributed by atoms with Gasteiger partial charge in [0.25, 0.3) is 20.2 Å². The van der Waals surface area contributed by atoms with Gasteiger partial charge in [0, 0.05) is 23.9 Å². The number of azo groups is 2. The van der Waals surface area contributed by atoms with Gasteiger partial charge in [0.2, 0.25) is 0 Å². The summed E-state index contributed by atoms with van der Waals surface area (Å²) in [6, 6.07) is 7.52. The van der Waals surface area contributed by atoms with E-state index in [4.69, 9.17) is 13.8 Å². The molecule has 0 bridgehead atoms. The maximum atomic E-state index is 12.9. The first-order valence-electron chi connectivity index (χ1n) is 15.8. The lowest BCUT2D eigenvalue weighted by atomic mass is 10.1. The Morgan fingerprint density at radius 3 is 1.68 bits per heavy atom. The average molecular weight is 962 g/mol. The number of nitrogens with one attached hydrogen (secondary N) is 1. The molecule has 31 heteroatoms. The Morgan fingerprint density at radius 1 is 0.600 bits per heavy atom. The van der Waals surface area contributed by atoms with Crippen LogP contribution in [0.2, 0.25) is 0 Å². The van der Waals surface area contributed by atoms with Gasteiger partial charge in [-0.25, -0.2) is 25.2 Å².